The summed E-state index contributed by atoms with van der Waals surface area (Å²) in [5.74, 6) is 0.605. The summed E-state index contributed by atoms with van der Waals surface area (Å²) in [6.45, 7) is 2.57. The maximum atomic E-state index is 13.9. The number of hydrogen-bond donors (Lipinski definition) is 1. The molecule has 1 aromatic carbocycles. The van der Waals surface area contributed by atoms with Crippen LogP contribution >= 0.6 is 0 Å². The quantitative estimate of drug-likeness (QED) is 0.376. The molecule has 2 N–H and O–H groups in total. The Bertz CT molecular complexity index is 1740. The van der Waals surface area contributed by atoms with E-state index in [1.165, 1.54) is 21.6 Å². The average molecular weight is 522 g/mol. The third-order valence-electron chi connectivity index (χ3n) is 6.62. The molecule has 0 radical (unpaired) electrons. The monoisotopic (exact) mass is 521 g/mol. The summed E-state index contributed by atoms with van der Waals surface area (Å²) in [6, 6.07) is 9.24. The van der Waals surface area contributed by atoms with E-state index < -0.39 is 11.7 Å². The van der Waals surface area contributed by atoms with E-state index in [4.69, 9.17) is 10.5 Å². The number of ether oxygens (including phenoxy) is 1. The van der Waals surface area contributed by atoms with E-state index in [1.54, 1.807) is 36.0 Å². The SMILES string of the molecule is Cc1cc(N(Cc2cn3cc(C(F)(F)F)ccc3n2)C(=O)c2ccc3nc(N)c4c(c3c2)COC4)n(C)n1. The maximum Gasteiger partial charge on any atom is 0.417 e. The number of hydrogen-bond acceptors (Lipinski definition) is 6. The summed E-state index contributed by atoms with van der Waals surface area (Å²) in [5.41, 5.74) is 9.55. The van der Waals surface area contributed by atoms with Crippen LogP contribution in [0.4, 0.5) is 24.8 Å². The molecule has 5 aromatic rings. The number of pyridine rings is 2. The van der Waals surface area contributed by atoms with Gasteiger partial charge in [0.25, 0.3) is 5.91 Å². The molecule has 1 aliphatic heterocycles. The number of nitrogens with zero attached hydrogens (tertiary/aromatic N) is 6. The van der Waals surface area contributed by atoms with Crippen LogP contribution in [0.25, 0.3) is 16.6 Å². The molecule has 0 aliphatic carbocycles. The number of aromatic nitrogens is 5. The number of alkyl halides is 3. The molecule has 4 aromatic heterocycles. The number of carbonyl (C=O) groups is 1. The summed E-state index contributed by atoms with van der Waals surface area (Å²) in [5, 5.41) is 5.15. The lowest BCUT2D eigenvalue weighted by molar-refractivity contribution is -0.137. The molecule has 38 heavy (non-hydrogen) atoms. The highest BCUT2D eigenvalue weighted by molar-refractivity contribution is 6.07. The minimum Gasteiger partial charge on any atom is -0.383 e. The van der Waals surface area contributed by atoms with Crippen molar-refractivity contribution in [2.75, 3.05) is 10.6 Å². The third kappa shape index (κ3) is 4.02. The van der Waals surface area contributed by atoms with Crippen LogP contribution in [-0.4, -0.2) is 30.1 Å². The molecule has 5 heterocycles. The van der Waals surface area contributed by atoms with E-state index in [-0.39, 0.29) is 12.5 Å². The number of nitrogens with two attached hydrogens (primary N) is 1. The van der Waals surface area contributed by atoms with Gasteiger partial charge in [-0.15, -0.1) is 0 Å². The van der Waals surface area contributed by atoms with Crippen molar-refractivity contribution in [2.45, 2.75) is 32.9 Å². The fourth-order valence-electron chi connectivity index (χ4n) is 4.82. The number of halogens is 3. The van der Waals surface area contributed by atoms with E-state index >= 15 is 0 Å². The van der Waals surface area contributed by atoms with Crippen molar-refractivity contribution in [1.29, 1.82) is 0 Å². The molecule has 0 bridgehead atoms. The Morgan fingerprint density at radius 3 is 2.63 bits per heavy atom. The minimum atomic E-state index is -4.48. The average Bonchev–Trinajstić information content (AvgIpc) is 3.59. The largest absolute Gasteiger partial charge is 0.417 e. The van der Waals surface area contributed by atoms with Crippen LogP contribution < -0.4 is 10.6 Å². The van der Waals surface area contributed by atoms with Crippen molar-refractivity contribution < 1.29 is 22.7 Å². The highest BCUT2D eigenvalue weighted by Gasteiger charge is 2.31. The number of aryl methyl sites for hydroxylation is 2. The fourth-order valence-corrected chi connectivity index (χ4v) is 4.82. The van der Waals surface area contributed by atoms with E-state index in [0.29, 0.717) is 53.0 Å². The van der Waals surface area contributed by atoms with Gasteiger partial charge in [-0.25, -0.2) is 9.97 Å². The highest BCUT2D eigenvalue weighted by atomic mass is 19.4. The zero-order valence-electron chi connectivity index (χ0n) is 20.5. The molecule has 9 nitrogen and oxygen atoms in total. The summed E-state index contributed by atoms with van der Waals surface area (Å²) < 4.78 is 48.0. The van der Waals surface area contributed by atoms with E-state index in [2.05, 4.69) is 15.1 Å². The normalized spacial score (nSPS) is 13.4. The van der Waals surface area contributed by atoms with Crippen molar-refractivity contribution in [1.82, 2.24) is 24.1 Å². The number of fused-ring (bicyclic) bond motifs is 4. The lowest BCUT2D eigenvalue weighted by Gasteiger charge is -2.22. The van der Waals surface area contributed by atoms with Crippen LogP contribution in [-0.2, 0) is 37.7 Å². The van der Waals surface area contributed by atoms with Crippen molar-refractivity contribution >= 4 is 34.1 Å². The van der Waals surface area contributed by atoms with Gasteiger partial charge in [-0.1, -0.05) is 0 Å². The van der Waals surface area contributed by atoms with Gasteiger partial charge in [-0.05, 0) is 42.8 Å². The predicted molar refractivity (Wildman–Crippen MR) is 133 cm³/mol. The molecule has 1 aliphatic rings. The van der Waals surface area contributed by atoms with Crippen molar-refractivity contribution in [2.24, 2.45) is 7.05 Å². The topological polar surface area (TPSA) is 104 Å². The lowest BCUT2D eigenvalue weighted by atomic mass is 10.0. The minimum absolute atomic E-state index is 0.0140. The molecule has 0 spiro atoms. The smallest absolute Gasteiger partial charge is 0.383 e. The molecule has 0 saturated carbocycles. The number of imidazole rings is 1. The van der Waals surface area contributed by atoms with E-state index in [0.717, 1.165) is 28.8 Å². The van der Waals surface area contributed by atoms with Crippen LogP contribution in [0.2, 0.25) is 0 Å². The summed E-state index contributed by atoms with van der Waals surface area (Å²) in [6.07, 6.45) is -2.00. The molecule has 0 fully saturated rings. The Morgan fingerprint density at radius 2 is 1.89 bits per heavy atom. The lowest BCUT2D eigenvalue weighted by Crippen LogP contribution is -2.32. The molecule has 12 heteroatoms. The van der Waals surface area contributed by atoms with Crippen LogP contribution in [0, 0.1) is 6.92 Å². The Morgan fingerprint density at radius 1 is 1.11 bits per heavy atom. The van der Waals surface area contributed by atoms with Gasteiger partial charge >= 0.3 is 6.18 Å². The van der Waals surface area contributed by atoms with Gasteiger partial charge in [0.05, 0.1) is 42.2 Å². The first kappa shape index (κ1) is 23.9. The molecular formula is C26H22F3N7O2. The van der Waals surface area contributed by atoms with Gasteiger partial charge in [0.2, 0.25) is 0 Å². The zero-order chi connectivity index (χ0) is 26.8. The Balaban J connectivity index is 1.41. The first-order valence-corrected chi connectivity index (χ1v) is 11.7. The fraction of sp³-hybridized carbons (Fsp3) is 0.231. The Kier molecular flexibility index (Phi) is 5.38. The summed E-state index contributed by atoms with van der Waals surface area (Å²) >= 11 is 0. The van der Waals surface area contributed by atoms with Gasteiger partial charge < -0.3 is 14.9 Å². The number of rotatable bonds is 4. The highest BCUT2D eigenvalue weighted by Crippen LogP contribution is 2.33. The number of carbonyl (C=O) groups excluding carboxylic acids is 1. The number of amides is 1. The number of anilines is 2. The zero-order valence-corrected chi connectivity index (χ0v) is 20.5. The van der Waals surface area contributed by atoms with Gasteiger partial charge in [-0.3, -0.25) is 14.4 Å². The van der Waals surface area contributed by atoms with E-state index in [9.17, 15) is 18.0 Å². The second kappa shape index (κ2) is 8.55. The van der Waals surface area contributed by atoms with Crippen LogP contribution in [0.1, 0.15) is 38.4 Å². The van der Waals surface area contributed by atoms with Crippen molar-refractivity contribution in [3.8, 4) is 0 Å². The van der Waals surface area contributed by atoms with Gasteiger partial charge in [0, 0.05) is 42.0 Å². The molecule has 0 saturated heterocycles. The van der Waals surface area contributed by atoms with Gasteiger partial charge in [0.1, 0.15) is 17.3 Å². The third-order valence-corrected chi connectivity index (χ3v) is 6.62. The van der Waals surface area contributed by atoms with Crippen LogP contribution in [0.5, 0.6) is 0 Å². The van der Waals surface area contributed by atoms with Crippen molar-refractivity contribution in [3.63, 3.8) is 0 Å². The second-order valence-corrected chi connectivity index (χ2v) is 9.25. The van der Waals surface area contributed by atoms with Gasteiger partial charge in [-0.2, -0.15) is 18.3 Å². The Hall–Kier alpha value is -4.45. The second-order valence-electron chi connectivity index (χ2n) is 9.25. The van der Waals surface area contributed by atoms with E-state index in [1.807, 2.05) is 6.92 Å². The molecule has 0 unspecified atom stereocenters. The molecular weight excluding hydrogens is 499 g/mol. The molecule has 6 rings (SSSR count). The first-order chi connectivity index (χ1) is 18.1. The first-order valence-electron chi connectivity index (χ1n) is 11.7. The maximum absolute atomic E-state index is 13.9. The molecule has 0 atom stereocenters. The van der Waals surface area contributed by atoms with Gasteiger partial charge in [0.15, 0.2) is 0 Å². The standard InChI is InChI=1S/C26H22F3N7O2/c1-14-7-23(34(2)33-14)36(11-17-10-35-9-16(26(27,28)29)4-6-22(35)31-17)25(37)15-3-5-21-18(8-15)19-12-38-13-20(19)24(30)32-21/h3-10H,11-13H2,1-2H3,(H2,30,32). The van der Waals surface area contributed by atoms with Crippen molar-refractivity contribution in [3.05, 3.63) is 82.4 Å². The van der Waals surface area contributed by atoms with Crippen LogP contribution in [0.3, 0.4) is 0 Å². The summed E-state index contributed by atoms with van der Waals surface area (Å²) in [7, 11) is 1.72. The Labute approximate surface area is 214 Å². The van der Waals surface area contributed by atoms with Crippen LogP contribution in [0.15, 0.2) is 48.8 Å². The molecule has 194 valence electrons. The summed E-state index contributed by atoms with van der Waals surface area (Å²) in [4.78, 5) is 24.4. The molecule has 1 amide bonds. The predicted octanol–water partition coefficient (Wildman–Crippen LogP) is 4.40. The number of benzene rings is 1. The number of nitrogen functional groups attached to an aromatic ring is 1.